The van der Waals surface area contributed by atoms with E-state index in [1.54, 1.807) is 31.5 Å². The molecule has 0 saturated carbocycles. The van der Waals surface area contributed by atoms with E-state index >= 15 is 0 Å². The summed E-state index contributed by atoms with van der Waals surface area (Å²) in [6.45, 7) is 1.61. The van der Waals surface area contributed by atoms with Crippen molar-refractivity contribution in [2.45, 2.75) is 24.3 Å². The number of alkyl halides is 3. The molecule has 2 N–H and O–H groups in total. The third-order valence-electron chi connectivity index (χ3n) is 4.60. The van der Waals surface area contributed by atoms with E-state index in [1.807, 2.05) is 11.6 Å². The highest BCUT2D eigenvalue weighted by atomic mass is 32.2. The number of carbonyl (C=O) groups excluding carboxylic acids is 2. The number of anilines is 1. The van der Waals surface area contributed by atoms with Gasteiger partial charge < -0.3 is 15.2 Å². The number of hydrogen-bond acceptors (Lipinski definition) is 4. The van der Waals surface area contributed by atoms with Crippen molar-refractivity contribution in [3.8, 4) is 0 Å². The van der Waals surface area contributed by atoms with Crippen LogP contribution in [0.1, 0.15) is 34.5 Å². The zero-order chi connectivity index (χ0) is 23.3. The first-order valence-corrected chi connectivity index (χ1v) is 10.6. The van der Waals surface area contributed by atoms with Crippen molar-refractivity contribution in [2.75, 3.05) is 11.1 Å². The molecule has 0 radical (unpaired) electrons. The van der Waals surface area contributed by atoms with Crippen molar-refractivity contribution in [3.05, 3.63) is 77.6 Å². The number of aryl methyl sites for hydroxylation is 1. The summed E-state index contributed by atoms with van der Waals surface area (Å²) in [6, 6.07) is 10.5. The van der Waals surface area contributed by atoms with Crippen LogP contribution in [-0.2, 0) is 18.0 Å². The number of carbonyl (C=O) groups is 2. The molecule has 3 rings (SSSR count). The van der Waals surface area contributed by atoms with Crippen molar-refractivity contribution in [1.29, 1.82) is 0 Å². The van der Waals surface area contributed by atoms with Crippen LogP contribution < -0.4 is 10.6 Å². The lowest BCUT2D eigenvalue weighted by molar-refractivity contribution is -0.137. The number of hydrogen-bond donors (Lipinski definition) is 2. The third kappa shape index (κ3) is 6.13. The van der Waals surface area contributed by atoms with Gasteiger partial charge in [-0.1, -0.05) is 23.9 Å². The van der Waals surface area contributed by atoms with Crippen LogP contribution in [0.15, 0.2) is 66.1 Å². The average Bonchev–Trinajstić information content (AvgIpc) is 3.17. The Morgan fingerprint density at radius 3 is 2.50 bits per heavy atom. The molecule has 32 heavy (non-hydrogen) atoms. The first kappa shape index (κ1) is 23.4. The molecule has 0 aliphatic rings. The molecule has 2 amide bonds. The number of amides is 2. The number of nitrogens with one attached hydrogen (secondary N) is 2. The van der Waals surface area contributed by atoms with Crippen LogP contribution in [0.5, 0.6) is 0 Å². The first-order valence-electron chi connectivity index (χ1n) is 9.61. The van der Waals surface area contributed by atoms with Crippen LogP contribution in [0.3, 0.4) is 0 Å². The molecule has 3 aromatic rings. The Kier molecular flexibility index (Phi) is 7.24. The Morgan fingerprint density at radius 1 is 1.16 bits per heavy atom. The number of halogens is 3. The lowest BCUT2D eigenvalue weighted by atomic mass is 10.0. The lowest BCUT2D eigenvalue weighted by Gasteiger charge is -2.16. The van der Waals surface area contributed by atoms with Gasteiger partial charge in [0.1, 0.15) is 0 Å². The summed E-state index contributed by atoms with van der Waals surface area (Å²) in [5.41, 5.74) is 0.432. The number of nitrogens with zero attached hydrogens (tertiary/aromatic N) is 2. The van der Waals surface area contributed by atoms with Gasteiger partial charge in [0.2, 0.25) is 5.91 Å². The second-order valence-corrected chi connectivity index (χ2v) is 8.00. The summed E-state index contributed by atoms with van der Waals surface area (Å²) in [4.78, 5) is 28.7. The van der Waals surface area contributed by atoms with Crippen molar-refractivity contribution in [1.82, 2.24) is 14.9 Å². The maximum Gasteiger partial charge on any atom is 0.416 e. The van der Waals surface area contributed by atoms with Gasteiger partial charge in [0.05, 0.1) is 17.4 Å². The number of aromatic nitrogens is 2. The van der Waals surface area contributed by atoms with E-state index < -0.39 is 23.7 Å². The third-order valence-corrected chi connectivity index (χ3v) is 5.66. The summed E-state index contributed by atoms with van der Waals surface area (Å²) >= 11 is 1.30. The summed E-state index contributed by atoms with van der Waals surface area (Å²) in [7, 11) is 1.84. The van der Waals surface area contributed by atoms with Crippen LogP contribution in [0.2, 0.25) is 0 Å². The van der Waals surface area contributed by atoms with Crippen LogP contribution in [-0.4, -0.2) is 27.1 Å². The molecule has 0 saturated heterocycles. The number of thioether (sulfide) groups is 1. The molecular formula is C22H21F3N4O2S. The van der Waals surface area contributed by atoms with Gasteiger partial charge in [-0.05, 0) is 48.9 Å². The number of benzene rings is 2. The summed E-state index contributed by atoms with van der Waals surface area (Å²) in [5.74, 6) is -0.465. The lowest BCUT2D eigenvalue weighted by Crippen LogP contribution is -2.26. The fraction of sp³-hybridized carbons (Fsp3) is 0.227. The van der Waals surface area contributed by atoms with Crippen molar-refractivity contribution in [2.24, 2.45) is 7.05 Å². The number of rotatable bonds is 7. The minimum absolute atomic E-state index is 0.182. The van der Waals surface area contributed by atoms with E-state index in [0.717, 1.165) is 17.3 Å². The molecular weight excluding hydrogens is 441 g/mol. The second kappa shape index (κ2) is 9.90. The van der Waals surface area contributed by atoms with E-state index in [4.69, 9.17) is 0 Å². The zero-order valence-corrected chi connectivity index (χ0v) is 18.1. The molecule has 2 aromatic carbocycles. The normalized spacial score (nSPS) is 12.3. The van der Waals surface area contributed by atoms with Gasteiger partial charge in [-0.3, -0.25) is 9.59 Å². The summed E-state index contributed by atoms with van der Waals surface area (Å²) in [5, 5.41) is 6.15. The van der Waals surface area contributed by atoms with Crippen molar-refractivity contribution >= 4 is 29.3 Å². The monoisotopic (exact) mass is 462 g/mol. The topological polar surface area (TPSA) is 76.0 Å². The highest BCUT2D eigenvalue weighted by molar-refractivity contribution is 7.99. The summed E-state index contributed by atoms with van der Waals surface area (Å²) in [6.07, 6.45) is -1.01. The van der Waals surface area contributed by atoms with Crippen molar-refractivity contribution in [3.63, 3.8) is 0 Å². The molecule has 0 fully saturated rings. The Hall–Kier alpha value is -3.27. The highest BCUT2D eigenvalue weighted by Gasteiger charge is 2.30. The molecule has 0 spiro atoms. The van der Waals surface area contributed by atoms with Gasteiger partial charge in [0.15, 0.2) is 5.16 Å². The molecule has 168 valence electrons. The minimum atomic E-state index is -4.45. The number of imidazole rings is 1. The SMILES string of the molecule is CC(NC(=O)c1ccc(NC(=O)CSc2nccn2C)cc1)c1cccc(C(F)(F)F)c1. The van der Waals surface area contributed by atoms with Crippen LogP contribution in [0.25, 0.3) is 0 Å². The van der Waals surface area contributed by atoms with Crippen LogP contribution in [0.4, 0.5) is 18.9 Å². The standard InChI is InChI=1S/C22H21F3N4O2S/c1-14(16-4-3-5-17(12-16)22(23,24)25)27-20(31)15-6-8-18(9-7-15)28-19(30)13-32-21-26-10-11-29(21)2/h3-12,14H,13H2,1-2H3,(H,27,31)(H,28,30). The molecule has 10 heteroatoms. The molecule has 0 aliphatic carbocycles. The smallest absolute Gasteiger partial charge is 0.346 e. The second-order valence-electron chi connectivity index (χ2n) is 7.05. The van der Waals surface area contributed by atoms with Crippen LogP contribution >= 0.6 is 11.8 Å². The van der Waals surface area contributed by atoms with E-state index in [9.17, 15) is 22.8 Å². The molecule has 1 aromatic heterocycles. The maximum atomic E-state index is 12.9. The van der Waals surface area contributed by atoms with E-state index in [-0.39, 0.29) is 11.7 Å². The van der Waals surface area contributed by atoms with Gasteiger partial charge in [-0.2, -0.15) is 13.2 Å². The predicted octanol–water partition coefficient (Wildman–Crippen LogP) is 4.66. The van der Waals surface area contributed by atoms with Gasteiger partial charge in [0, 0.05) is 30.7 Å². The largest absolute Gasteiger partial charge is 0.416 e. The average molecular weight is 462 g/mol. The van der Waals surface area contributed by atoms with E-state index in [2.05, 4.69) is 15.6 Å². The quantitative estimate of drug-likeness (QED) is 0.501. The van der Waals surface area contributed by atoms with Gasteiger partial charge in [0.25, 0.3) is 5.91 Å². The zero-order valence-electron chi connectivity index (χ0n) is 17.3. The molecule has 6 nitrogen and oxygen atoms in total. The maximum absolute atomic E-state index is 12.9. The Labute approximate surface area is 187 Å². The minimum Gasteiger partial charge on any atom is -0.346 e. The first-order chi connectivity index (χ1) is 15.1. The van der Waals surface area contributed by atoms with Gasteiger partial charge >= 0.3 is 6.18 Å². The fourth-order valence-corrected chi connectivity index (χ4v) is 3.60. The van der Waals surface area contributed by atoms with Crippen LogP contribution in [0, 0.1) is 0 Å². The van der Waals surface area contributed by atoms with Gasteiger partial charge in [-0.15, -0.1) is 0 Å². The molecule has 0 bridgehead atoms. The Balaban J connectivity index is 1.55. The molecule has 0 aliphatic heterocycles. The fourth-order valence-electron chi connectivity index (χ4n) is 2.87. The highest BCUT2D eigenvalue weighted by Crippen LogP contribution is 2.30. The Bertz CT molecular complexity index is 1100. The summed E-state index contributed by atoms with van der Waals surface area (Å²) < 4.78 is 40.5. The van der Waals surface area contributed by atoms with Crippen molar-refractivity contribution < 1.29 is 22.8 Å². The predicted molar refractivity (Wildman–Crippen MR) is 116 cm³/mol. The van der Waals surface area contributed by atoms with E-state index in [1.165, 1.54) is 36.0 Å². The molecule has 1 heterocycles. The molecule has 1 unspecified atom stereocenters. The Morgan fingerprint density at radius 2 is 1.88 bits per heavy atom. The van der Waals surface area contributed by atoms with Gasteiger partial charge in [-0.25, -0.2) is 4.98 Å². The van der Waals surface area contributed by atoms with E-state index in [0.29, 0.717) is 16.8 Å². The molecule has 1 atom stereocenters.